The molecule has 1 aliphatic rings. The van der Waals surface area contributed by atoms with Crippen LogP contribution in [0.15, 0.2) is 76.5 Å². The van der Waals surface area contributed by atoms with Gasteiger partial charge in [0.2, 0.25) is 9.84 Å². The molecule has 3 aromatic rings. The third-order valence-corrected chi connectivity index (χ3v) is 8.53. The lowest BCUT2D eigenvalue weighted by molar-refractivity contribution is -0.384. The van der Waals surface area contributed by atoms with Crippen molar-refractivity contribution in [3.05, 3.63) is 104 Å². The number of nitro groups is 1. The predicted molar refractivity (Wildman–Crippen MR) is 134 cm³/mol. The van der Waals surface area contributed by atoms with E-state index in [0.29, 0.717) is 11.3 Å². The Kier molecular flexibility index (Phi) is 6.33. The number of aryl methyl sites for hydroxylation is 2. The molecule has 0 spiro atoms. The molecule has 0 bridgehead atoms. The number of amides is 1. The van der Waals surface area contributed by atoms with Crippen LogP contribution in [-0.4, -0.2) is 25.5 Å². The summed E-state index contributed by atoms with van der Waals surface area (Å²) < 4.78 is 27.5. The highest BCUT2D eigenvalue weighted by Crippen LogP contribution is 2.44. The number of nitro benzene ring substituents is 1. The van der Waals surface area contributed by atoms with Crippen molar-refractivity contribution < 1.29 is 18.1 Å². The summed E-state index contributed by atoms with van der Waals surface area (Å²) >= 11 is 1.55. The van der Waals surface area contributed by atoms with Crippen LogP contribution in [0.4, 0.5) is 11.4 Å². The van der Waals surface area contributed by atoms with Gasteiger partial charge in [0, 0.05) is 22.7 Å². The molecule has 7 nitrogen and oxygen atoms in total. The minimum atomic E-state index is -4.20. The Bertz CT molecular complexity index is 1430. The molecule has 1 fully saturated rings. The molecule has 0 radical (unpaired) electrons. The van der Waals surface area contributed by atoms with Crippen molar-refractivity contribution in [2.45, 2.75) is 24.1 Å². The number of carbonyl (C=O) groups is 1. The molecule has 0 N–H and O–H groups in total. The van der Waals surface area contributed by atoms with Gasteiger partial charge in [-0.05, 0) is 72.7 Å². The van der Waals surface area contributed by atoms with E-state index in [-0.39, 0.29) is 16.2 Å². The fourth-order valence-electron chi connectivity index (χ4n) is 3.85. The van der Waals surface area contributed by atoms with E-state index in [1.807, 2.05) is 38.3 Å². The third kappa shape index (κ3) is 4.24. The van der Waals surface area contributed by atoms with Gasteiger partial charge in [-0.25, -0.2) is 8.42 Å². The number of nitrogens with zero attached hydrogens (tertiary/aromatic N) is 2. The number of non-ortho nitro benzene ring substituents is 1. The van der Waals surface area contributed by atoms with Gasteiger partial charge in [0.1, 0.15) is 4.91 Å². The fourth-order valence-corrected chi connectivity index (χ4v) is 6.14. The van der Waals surface area contributed by atoms with Crippen LogP contribution in [-0.2, 0) is 14.6 Å². The van der Waals surface area contributed by atoms with Crippen LogP contribution in [0.3, 0.4) is 0 Å². The highest BCUT2D eigenvalue weighted by molar-refractivity contribution is 7.98. The summed E-state index contributed by atoms with van der Waals surface area (Å²) in [5.74, 6) is -0.672. The Morgan fingerprint density at radius 2 is 1.71 bits per heavy atom. The van der Waals surface area contributed by atoms with Crippen molar-refractivity contribution in [1.29, 1.82) is 0 Å². The first-order valence-corrected chi connectivity index (χ1v) is 13.2. The van der Waals surface area contributed by atoms with Gasteiger partial charge in [0.05, 0.1) is 4.92 Å². The van der Waals surface area contributed by atoms with Crippen molar-refractivity contribution in [1.82, 2.24) is 0 Å². The van der Waals surface area contributed by atoms with Crippen LogP contribution in [0.5, 0.6) is 0 Å². The smallest absolute Gasteiger partial charge is 0.271 e. The predicted octanol–water partition coefficient (Wildman–Crippen LogP) is 5.43. The Balaban J connectivity index is 1.92. The summed E-state index contributed by atoms with van der Waals surface area (Å²) in [6.45, 7) is 3.80. The van der Waals surface area contributed by atoms with Gasteiger partial charge in [0.15, 0.2) is 5.37 Å². The number of sulfone groups is 1. The van der Waals surface area contributed by atoms with Crippen LogP contribution in [0.2, 0.25) is 0 Å². The standard InChI is InChI=1S/C25H22N2O5S2/c1-16-7-10-20(13-17(16)2)26-24(28)23(14-18-8-11-22(33-3)12-9-18)34(31,32)25(26)19-5-4-6-21(15-19)27(29)30/h4-15,25H,1-3H3. The van der Waals surface area contributed by atoms with Crippen molar-refractivity contribution in [2.24, 2.45) is 0 Å². The number of hydrogen-bond donors (Lipinski definition) is 0. The largest absolute Gasteiger partial charge is 0.286 e. The second-order valence-corrected chi connectivity index (χ2v) is 10.8. The number of anilines is 1. The highest BCUT2D eigenvalue weighted by atomic mass is 32.2. The van der Waals surface area contributed by atoms with Crippen LogP contribution < -0.4 is 4.90 Å². The number of carbonyl (C=O) groups excluding carboxylic acids is 1. The first kappa shape index (κ1) is 23.7. The number of rotatable bonds is 5. The summed E-state index contributed by atoms with van der Waals surface area (Å²) in [4.78, 5) is 26.2. The Hall–Kier alpha value is -3.43. The number of thioether (sulfide) groups is 1. The molecule has 34 heavy (non-hydrogen) atoms. The molecule has 0 aromatic heterocycles. The van der Waals surface area contributed by atoms with E-state index in [1.165, 1.54) is 35.2 Å². The maximum Gasteiger partial charge on any atom is 0.271 e. The molecule has 3 aromatic carbocycles. The molecule has 9 heteroatoms. The lowest BCUT2D eigenvalue weighted by atomic mass is 10.1. The van der Waals surface area contributed by atoms with E-state index in [1.54, 1.807) is 36.0 Å². The van der Waals surface area contributed by atoms with Crippen molar-refractivity contribution in [3.8, 4) is 0 Å². The molecule has 0 aliphatic carbocycles. The topological polar surface area (TPSA) is 97.6 Å². The average molecular weight is 495 g/mol. The molecular formula is C25H22N2O5S2. The fraction of sp³-hybridized carbons (Fsp3) is 0.160. The van der Waals surface area contributed by atoms with Crippen LogP contribution in [0.25, 0.3) is 6.08 Å². The molecule has 1 amide bonds. The van der Waals surface area contributed by atoms with Gasteiger partial charge in [-0.1, -0.05) is 30.3 Å². The molecule has 1 aliphatic heterocycles. The summed E-state index contributed by atoms with van der Waals surface area (Å²) in [5.41, 5.74) is 2.78. The average Bonchev–Trinajstić information content (AvgIpc) is 3.01. The lowest BCUT2D eigenvalue weighted by Gasteiger charge is -2.24. The van der Waals surface area contributed by atoms with Crippen LogP contribution >= 0.6 is 11.8 Å². The van der Waals surface area contributed by atoms with E-state index in [9.17, 15) is 23.3 Å². The van der Waals surface area contributed by atoms with Crippen molar-refractivity contribution >= 4 is 45.0 Å². The zero-order valence-corrected chi connectivity index (χ0v) is 20.4. The molecule has 1 saturated heterocycles. The molecule has 1 heterocycles. The van der Waals surface area contributed by atoms with Crippen LogP contribution in [0, 0.1) is 24.0 Å². The van der Waals surface area contributed by atoms with Crippen molar-refractivity contribution in [2.75, 3.05) is 11.2 Å². The first-order valence-electron chi connectivity index (χ1n) is 10.4. The van der Waals surface area contributed by atoms with Gasteiger partial charge >= 0.3 is 0 Å². The van der Waals surface area contributed by atoms with E-state index < -0.39 is 26.0 Å². The van der Waals surface area contributed by atoms with Gasteiger partial charge < -0.3 is 0 Å². The minimum Gasteiger partial charge on any atom is -0.286 e. The summed E-state index contributed by atoms with van der Waals surface area (Å²) in [6.07, 6.45) is 3.30. The van der Waals surface area contributed by atoms with Crippen molar-refractivity contribution in [3.63, 3.8) is 0 Å². The van der Waals surface area contributed by atoms with Gasteiger partial charge in [-0.2, -0.15) is 0 Å². The van der Waals surface area contributed by atoms with Gasteiger partial charge in [-0.3, -0.25) is 19.8 Å². The Morgan fingerprint density at radius 1 is 1.00 bits per heavy atom. The monoisotopic (exact) mass is 494 g/mol. The van der Waals surface area contributed by atoms with E-state index in [4.69, 9.17) is 0 Å². The molecule has 4 rings (SSSR count). The molecule has 1 atom stereocenters. The third-order valence-electron chi connectivity index (χ3n) is 5.81. The summed E-state index contributed by atoms with van der Waals surface area (Å²) in [5, 5.41) is 9.93. The highest BCUT2D eigenvalue weighted by Gasteiger charge is 2.50. The van der Waals surface area contributed by atoms with Gasteiger partial charge in [-0.15, -0.1) is 11.8 Å². The zero-order valence-electron chi connectivity index (χ0n) is 18.8. The lowest BCUT2D eigenvalue weighted by Crippen LogP contribution is -2.29. The molecule has 0 saturated carbocycles. The SMILES string of the molecule is CSc1ccc(C=C2C(=O)N(c3ccc(C)c(C)c3)C(c3cccc([N+](=O)[O-])c3)S2(=O)=O)cc1. The Labute approximate surface area is 202 Å². The normalized spacial score (nSPS) is 18.4. The van der Waals surface area contributed by atoms with Gasteiger partial charge in [0.25, 0.3) is 11.6 Å². The maximum absolute atomic E-state index is 13.7. The second-order valence-electron chi connectivity index (χ2n) is 7.97. The number of hydrogen-bond acceptors (Lipinski definition) is 6. The maximum atomic E-state index is 13.7. The molecular weight excluding hydrogens is 472 g/mol. The summed E-state index contributed by atoms with van der Waals surface area (Å²) in [6, 6.07) is 17.9. The zero-order chi connectivity index (χ0) is 24.6. The second kappa shape index (κ2) is 9.08. The Morgan fingerprint density at radius 3 is 2.32 bits per heavy atom. The minimum absolute atomic E-state index is 0.155. The van der Waals surface area contributed by atoms with E-state index >= 15 is 0 Å². The number of benzene rings is 3. The molecule has 174 valence electrons. The first-order chi connectivity index (χ1) is 16.1. The molecule has 1 unspecified atom stereocenters. The van der Waals surface area contributed by atoms with E-state index in [2.05, 4.69) is 0 Å². The van der Waals surface area contributed by atoms with E-state index in [0.717, 1.165) is 16.0 Å². The quantitative estimate of drug-likeness (QED) is 0.203. The van der Waals surface area contributed by atoms with Crippen LogP contribution in [0.1, 0.15) is 27.6 Å². The summed E-state index contributed by atoms with van der Waals surface area (Å²) in [7, 11) is -4.20.